The fraction of sp³-hybridized carbons (Fsp3) is 0.263. The molecule has 2 nitrogen and oxygen atoms in total. The molecule has 0 aliphatic rings. The maximum Gasteiger partial charge on any atom is 0.416 e. The highest BCUT2D eigenvalue weighted by atomic mass is 79.9. The third-order valence-corrected chi connectivity index (χ3v) is 4.95. The molecule has 0 amide bonds. The van der Waals surface area contributed by atoms with Gasteiger partial charge in [-0.15, -0.1) is 0 Å². The largest absolute Gasteiger partial charge is 0.416 e. The van der Waals surface area contributed by atoms with E-state index in [1.165, 1.54) is 12.1 Å². The first-order valence-electron chi connectivity index (χ1n) is 8.08. The van der Waals surface area contributed by atoms with Gasteiger partial charge >= 0.3 is 6.18 Å². The van der Waals surface area contributed by atoms with Crippen LogP contribution in [0.1, 0.15) is 24.0 Å². The number of aromatic amines is 1. The second-order valence-electron chi connectivity index (χ2n) is 5.96. The van der Waals surface area contributed by atoms with Gasteiger partial charge in [0.1, 0.15) is 0 Å². The number of fused-ring (bicyclic) bond motifs is 1. The average Bonchev–Trinajstić information content (AvgIpc) is 2.92. The van der Waals surface area contributed by atoms with Crippen LogP contribution < -0.4 is 5.73 Å². The van der Waals surface area contributed by atoms with Gasteiger partial charge in [0.25, 0.3) is 0 Å². The van der Waals surface area contributed by atoms with Gasteiger partial charge in [0.2, 0.25) is 0 Å². The summed E-state index contributed by atoms with van der Waals surface area (Å²) in [5.74, 6) is 0. The van der Waals surface area contributed by atoms with Crippen molar-refractivity contribution in [3.63, 3.8) is 0 Å². The van der Waals surface area contributed by atoms with Crippen molar-refractivity contribution in [2.75, 3.05) is 6.54 Å². The Labute approximate surface area is 152 Å². The number of aryl methyl sites for hydroxylation is 1. The van der Waals surface area contributed by atoms with Gasteiger partial charge in [-0.2, -0.15) is 13.2 Å². The highest BCUT2D eigenvalue weighted by Crippen LogP contribution is 2.38. The molecule has 0 unspecified atom stereocenters. The van der Waals surface area contributed by atoms with Crippen LogP contribution in [-0.2, 0) is 12.6 Å². The molecule has 0 bridgehead atoms. The number of nitrogens with two attached hydrogens (primary N) is 1. The van der Waals surface area contributed by atoms with Crippen molar-refractivity contribution in [1.82, 2.24) is 4.98 Å². The molecule has 132 valence electrons. The molecule has 3 aromatic rings. The number of aromatic nitrogens is 1. The quantitative estimate of drug-likeness (QED) is 0.505. The molecule has 6 heteroatoms. The summed E-state index contributed by atoms with van der Waals surface area (Å²) >= 11 is 3.53. The Morgan fingerprint density at radius 3 is 2.48 bits per heavy atom. The van der Waals surface area contributed by atoms with Gasteiger partial charge in [-0.25, -0.2) is 0 Å². The van der Waals surface area contributed by atoms with Crippen LogP contribution >= 0.6 is 15.9 Å². The third-order valence-electron chi connectivity index (χ3n) is 4.26. The summed E-state index contributed by atoms with van der Waals surface area (Å²) in [5, 5.41) is 0.623. The first-order valence-corrected chi connectivity index (χ1v) is 8.88. The monoisotopic (exact) mass is 410 g/mol. The summed E-state index contributed by atoms with van der Waals surface area (Å²) in [5.41, 5.74) is 8.36. The SMILES string of the molecule is NCCCCc1c(-c2ccccc2Br)[nH]c2ccc(C(F)(F)F)cc12. The van der Waals surface area contributed by atoms with Crippen LogP contribution in [0.15, 0.2) is 46.9 Å². The zero-order valence-corrected chi connectivity index (χ0v) is 15.0. The van der Waals surface area contributed by atoms with Crippen LogP contribution in [0.2, 0.25) is 0 Å². The van der Waals surface area contributed by atoms with Crippen LogP contribution in [0.5, 0.6) is 0 Å². The maximum absolute atomic E-state index is 13.1. The van der Waals surface area contributed by atoms with Gasteiger partial charge < -0.3 is 10.7 Å². The molecule has 0 aliphatic heterocycles. The average molecular weight is 411 g/mol. The summed E-state index contributed by atoms with van der Waals surface area (Å²) in [6.45, 7) is 0.570. The summed E-state index contributed by atoms with van der Waals surface area (Å²) < 4.78 is 40.2. The molecule has 1 heterocycles. The molecule has 1 aromatic heterocycles. The van der Waals surface area contributed by atoms with E-state index in [0.717, 1.165) is 40.2 Å². The van der Waals surface area contributed by atoms with Gasteiger partial charge in [-0.3, -0.25) is 0 Å². The molecule has 2 aromatic carbocycles. The second kappa shape index (κ2) is 7.22. The van der Waals surface area contributed by atoms with Crippen molar-refractivity contribution < 1.29 is 13.2 Å². The minimum absolute atomic E-state index is 0.570. The van der Waals surface area contributed by atoms with Crippen molar-refractivity contribution in [2.24, 2.45) is 5.73 Å². The Bertz CT molecular complexity index is 884. The lowest BCUT2D eigenvalue weighted by Crippen LogP contribution is -2.04. The van der Waals surface area contributed by atoms with Crippen molar-refractivity contribution in [1.29, 1.82) is 0 Å². The minimum atomic E-state index is -4.35. The zero-order chi connectivity index (χ0) is 18.0. The normalized spacial score (nSPS) is 12.0. The third kappa shape index (κ3) is 3.75. The number of unbranched alkanes of at least 4 members (excludes halogenated alkanes) is 1. The molecule has 0 spiro atoms. The zero-order valence-electron chi connectivity index (χ0n) is 13.5. The van der Waals surface area contributed by atoms with Crippen molar-refractivity contribution in [2.45, 2.75) is 25.4 Å². The number of benzene rings is 2. The minimum Gasteiger partial charge on any atom is -0.354 e. The smallest absolute Gasteiger partial charge is 0.354 e. The molecule has 3 N–H and O–H groups in total. The predicted octanol–water partition coefficient (Wildman–Crippen LogP) is 5.90. The molecule has 0 atom stereocenters. The Hall–Kier alpha value is -1.79. The highest BCUT2D eigenvalue weighted by Gasteiger charge is 2.31. The summed E-state index contributed by atoms with van der Waals surface area (Å²) in [4.78, 5) is 3.30. The Kier molecular flexibility index (Phi) is 5.20. The number of alkyl halides is 3. The summed E-state index contributed by atoms with van der Waals surface area (Å²) in [7, 11) is 0. The lowest BCUT2D eigenvalue weighted by molar-refractivity contribution is -0.137. The fourth-order valence-electron chi connectivity index (χ4n) is 3.02. The van der Waals surface area contributed by atoms with Crippen LogP contribution in [0.3, 0.4) is 0 Å². The Morgan fingerprint density at radius 2 is 1.80 bits per heavy atom. The van der Waals surface area contributed by atoms with Gasteiger partial charge in [-0.1, -0.05) is 34.1 Å². The first-order chi connectivity index (χ1) is 11.9. The number of hydrogen-bond acceptors (Lipinski definition) is 1. The Balaban J connectivity index is 2.18. The van der Waals surface area contributed by atoms with Crippen molar-refractivity contribution >= 4 is 26.8 Å². The van der Waals surface area contributed by atoms with Gasteiger partial charge in [0.15, 0.2) is 0 Å². The van der Waals surface area contributed by atoms with Crippen LogP contribution in [-0.4, -0.2) is 11.5 Å². The van der Waals surface area contributed by atoms with Crippen LogP contribution in [0, 0.1) is 0 Å². The van der Waals surface area contributed by atoms with E-state index in [-0.39, 0.29) is 0 Å². The van der Waals surface area contributed by atoms with E-state index in [2.05, 4.69) is 20.9 Å². The van der Waals surface area contributed by atoms with Gasteiger partial charge in [-0.05, 0) is 55.6 Å². The first kappa shape index (κ1) is 18.0. The van der Waals surface area contributed by atoms with Crippen LogP contribution in [0.25, 0.3) is 22.2 Å². The molecular formula is C19H18BrF3N2. The standard InChI is InChI=1S/C19H18BrF3N2/c20-16-7-2-1-6-14(16)18-13(5-3-4-10-24)15-11-12(19(21,22)23)8-9-17(15)25-18/h1-2,6-9,11,25H,3-5,10,24H2. The van der Waals surface area contributed by atoms with E-state index in [4.69, 9.17) is 5.73 Å². The van der Waals surface area contributed by atoms with Crippen molar-refractivity contribution in [3.8, 4) is 11.3 Å². The number of nitrogens with one attached hydrogen (secondary N) is 1. The molecule has 0 radical (unpaired) electrons. The van der Waals surface area contributed by atoms with Crippen LogP contribution in [0.4, 0.5) is 13.2 Å². The lowest BCUT2D eigenvalue weighted by atomic mass is 9.99. The second-order valence-corrected chi connectivity index (χ2v) is 6.82. The van der Waals surface area contributed by atoms with Crippen molar-refractivity contribution in [3.05, 3.63) is 58.1 Å². The van der Waals surface area contributed by atoms with Gasteiger partial charge in [0, 0.05) is 20.9 Å². The van der Waals surface area contributed by atoms with E-state index >= 15 is 0 Å². The number of rotatable bonds is 5. The number of halogens is 4. The molecule has 0 saturated carbocycles. The molecule has 0 saturated heterocycles. The molecule has 3 rings (SSSR count). The number of hydrogen-bond donors (Lipinski definition) is 2. The molecule has 0 fully saturated rings. The van der Waals surface area contributed by atoms with E-state index in [9.17, 15) is 13.2 Å². The van der Waals surface area contributed by atoms with E-state index in [0.29, 0.717) is 23.9 Å². The maximum atomic E-state index is 13.1. The molecular weight excluding hydrogens is 393 g/mol. The van der Waals surface area contributed by atoms with E-state index in [1.807, 2.05) is 24.3 Å². The molecule has 0 aliphatic carbocycles. The molecule has 25 heavy (non-hydrogen) atoms. The van der Waals surface area contributed by atoms with E-state index < -0.39 is 11.7 Å². The summed E-state index contributed by atoms with van der Waals surface area (Å²) in [6, 6.07) is 11.6. The predicted molar refractivity (Wildman–Crippen MR) is 98.4 cm³/mol. The number of H-pyrrole nitrogens is 1. The fourth-order valence-corrected chi connectivity index (χ4v) is 3.51. The lowest BCUT2D eigenvalue weighted by Gasteiger charge is -2.08. The Morgan fingerprint density at radius 1 is 1.04 bits per heavy atom. The van der Waals surface area contributed by atoms with E-state index in [1.54, 1.807) is 0 Å². The summed E-state index contributed by atoms with van der Waals surface area (Å²) in [6.07, 6.45) is -2.01. The highest BCUT2D eigenvalue weighted by molar-refractivity contribution is 9.10. The van der Waals surface area contributed by atoms with Gasteiger partial charge in [0.05, 0.1) is 11.3 Å². The topological polar surface area (TPSA) is 41.8 Å².